The molecule has 6 heteroatoms. The van der Waals surface area contributed by atoms with E-state index in [1.54, 1.807) is 4.90 Å². The Hall–Kier alpha value is -1.56. The molecule has 0 saturated carbocycles. The van der Waals surface area contributed by atoms with E-state index in [2.05, 4.69) is 0 Å². The van der Waals surface area contributed by atoms with Crippen LogP contribution in [0.3, 0.4) is 0 Å². The molecule has 1 aromatic rings. The molecule has 22 heavy (non-hydrogen) atoms. The molecule has 122 valence electrons. The normalized spacial score (nSPS) is 26.3. The first-order valence-corrected chi connectivity index (χ1v) is 9.36. The van der Waals surface area contributed by atoms with Crippen LogP contribution < -0.4 is 0 Å². The van der Waals surface area contributed by atoms with Crippen molar-refractivity contribution < 1.29 is 13.7 Å². The third kappa shape index (κ3) is 4.47. The number of nitrogens with one attached hydrogen (secondary N) is 1. The lowest BCUT2D eigenvalue weighted by Crippen LogP contribution is -2.40. The molecule has 0 spiro atoms. The zero-order valence-corrected chi connectivity index (χ0v) is 14.2. The van der Waals surface area contributed by atoms with E-state index in [1.165, 1.54) is 0 Å². The topological polar surface area (TPSA) is 70.5 Å². The van der Waals surface area contributed by atoms with Crippen molar-refractivity contribution in [2.75, 3.05) is 18.1 Å². The maximum absolute atomic E-state index is 12.5. The fraction of sp³-hybridized carbons (Fsp3) is 0.562. The number of ether oxygens (including phenoxy) is 1. The highest BCUT2D eigenvalue weighted by molar-refractivity contribution is 7.92. The summed E-state index contributed by atoms with van der Waals surface area (Å²) in [6.07, 6.45) is 0.115. The molecule has 1 aliphatic heterocycles. The summed E-state index contributed by atoms with van der Waals surface area (Å²) in [7, 11) is -2.62. The van der Waals surface area contributed by atoms with Crippen molar-refractivity contribution >= 4 is 15.8 Å². The van der Waals surface area contributed by atoms with Gasteiger partial charge in [0.2, 0.25) is 0 Å². The van der Waals surface area contributed by atoms with Crippen LogP contribution in [-0.4, -0.2) is 38.9 Å². The number of rotatable bonds is 1. The number of benzene rings is 1. The van der Waals surface area contributed by atoms with Gasteiger partial charge in [-0.2, -0.15) is 0 Å². The van der Waals surface area contributed by atoms with Crippen LogP contribution >= 0.6 is 0 Å². The average Bonchev–Trinajstić information content (AvgIpc) is 2.56. The molecule has 2 rings (SSSR count). The fourth-order valence-corrected chi connectivity index (χ4v) is 3.82. The summed E-state index contributed by atoms with van der Waals surface area (Å²) in [4.78, 5) is 14.1. The van der Waals surface area contributed by atoms with E-state index < -0.39 is 21.4 Å². The van der Waals surface area contributed by atoms with Crippen molar-refractivity contribution in [1.82, 2.24) is 4.90 Å². The summed E-state index contributed by atoms with van der Waals surface area (Å²) in [5.41, 5.74) is 0.415. The molecule has 0 aliphatic carbocycles. The molecular weight excluding hydrogens is 300 g/mol. The van der Waals surface area contributed by atoms with Crippen LogP contribution in [0.25, 0.3) is 0 Å². The number of hydrogen-bond acceptors (Lipinski definition) is 4. The van der Waals surface area contributed by atoms with Gasteiger partial charge >= 0.3 is 6.09 Å². The standard InChI is InChI=1S/C16H24N2O3S/c1-16(2,3)21-15(19)18-10-12-22(17,20)11-9-14(18)13-7-5-4-6-8-13/h4-8,14,17H,9-12H2,1-3H3. The Morgan fingerprint density at radius 2 is 1.91 bits per heavy atom. The Labute approximate surface area is 132 Å². The highest BCUT2D eigenvalue weighted by Crippen LogP contribution is 2.29. The monoisotopic (exact) mass is 324 g/mol. The van der Waals surface area contributed by atoms with E-state index in [9.17, 15) is 9.00 Å². The van der Waals surface area contributed by atoms with Crippen LogP contribution in [0.5, 0.6) is 0 Å². The van der Waals surface area contributed by atoms with Crippen molar-refractivity contribution in [3.63, 3.8) is 0 Å². The SMILES string of the molecule is CC(C)(C)OC(=O)N1CCS(=N)(=O)CCC1c1ccccc1. The minimum absolute atomic E-state index is 0.190. The van der Waals surface area contributed by atoms with E-state index in [4.69, 9.17) is 9.52 Å². The van der Waals surface area contributed by atoms with Crippen molar-refractivity contribution in [1.29, 1.82) is 4.78 Å². The van der Waals surface area contributed by atoms with Crippen LogP contribution in [0.1, 0.15) is 38.8 Å². The summed E-state index contributed by atoms with van der Waals surface area (Å²) >= 11 is 0. The Bertz CT molecular complexity index is 621. The largest absolute Gasteiger partial charge is 0.444 e. The van der Waals surface area contributed by atoms with E-state index in [-0.39, 0.29) is 18.3 Å². The summed E-state index contributed by atoms with van der Waals surface area (Å²) < 4.78 is 25.5. The average molecular weight is 324 g/mol. The zero-order valence-electron chi connectivity index (χ0n) is 13.4. The van der Waals surface area contributed by atoms with Gasteiger partial charge in [-0.05, 0) is 32.8 Å². The number of amides is 1. The first kappa shape index (κ1) is 16.8. The molecular formula is C16H24N2O3S. The Morgan fingerprint density at radius 3 is 2.50 bits per heavy atom. The summed E-state index contributed by atoms with van der Waals surface area (Å²) in [6, 6.07) is 9.49. The third-order valence-corrected chi connectivity index (χ3v) is 5.31. The summed E-state index contributed by atoms with van der Waals surface area (Å²) in [5.74, 6) is 0.515. The molecule has 1 aliphatic rings. The summed E-state index contributed by atoms with van der Waals surface area (Å²) in [5, 5.41) is 0. The predicted octanol–water partition coefficient (Wildman–Crippen LogP) is 3.42. The molecule has 1 aromatic carbocycles. The quantitative estimate of drug-likeness (QED) is 0.860. The molecule has 2 atom stereocenters. The minimum Gasteiger partial charge on any atom is -0.444 e. The van der Waals surface area contributed by atoms with Gasteiger partial charge in [-0.1, -0.05) is 30.3 Å². The van der Waals surface area contributed by atoms with Crippen molar-refractivity contribution in [2.24, 2.45) is 0 Å². The second-order valence-electron chi connectivity index (χ2n) is 6.61. The van der Waals surface area contributed by atoms with Gasteiger partial charge in [0, 0.05) is 27.8 Å². The number of carbonyl (C=O) groups is 1. The highest BCUT2D eigenvalue weighted by Gasteiger charge is 2.32. The van der Waals surface area contributed by atoms with Crippen LogP contribution in [0, 0.1) is 4.78 Å². The first-order valence-electron chi connectivity index (χ1n) is 7.47. The van der Waals surface area contributed by atoms with Crippen LogP contribution in [-0.2, 0) is 14.5 Å². The van der Waals surface area contributed by atoms with Gasteiger partial charge in [0.05, 0.1) is 6.04 Å². The lowest BCUT2D eigenvalue weighted by Gasteiger charge is -2.32. The smallest absolute Gasteiger partial charge is 0.410 e. The Balaban J connectivity index is 2.30. The van der Waals surface area contributed by atoms with Crippen LogP contribution in [0.15, 0.2) is 30.3 Å². The second kappa shape index (κ2) is 6.28. The first-order chi connectivity index (χ1) is 10.2. The molecule has 1 saturated heterocycles. The molecule has 5 nitrogen and oxygen atoms in total. The molecule has 1 amide bonds. The lowest BCUT2D eigenvalue weighted by atomic mass is 10.0. The zero-order chi connectivity index (χ0) is 16.4. The molecule has 1 N–H and O–H groups in total. The molecule has 0 bridgehead atoms. The van der Waals surface area contributed by atoms with E-state index >= 15 is 0 Å². The predicted molar refractivity (Wildman–Crippen MR) is 87.3 cm³/mol. The number of nitrogens with zero attached hydrogens (tertiary/aromatic N) is 1. The summed E-state index contributed by atoms with van der Waals surface area (Å²) in [6.45, 7) is 5.77. The van der Waals surface area contributed by atoms with Gasteiger partial charge in [-0.15, -0.1) is 0 Å². The fourth-order valence-electron chi connectivity index (χ4n) is 2.52. The molecule has 1 heterocycles. The van der Waals surface area contributed by atoms with Gasteiger partial charge in [0.25, 0.3) is 0 Å². The molecule has 2 unspecified atom stereocenters. The van der Waals surface area contributed by atoms with Gasteiger partial charge in [-0.25, -0.2) is 9.00 Å². The molecule has 0 aromatic heterocycles. The van der Waals surface area contributed by atoms with E-state index in [0.29, 0.717) is 12.2 Å². The second-order valence-corrected chi connectivity index (χ2v) is 9.05. The van der Waals surface area contributed by atoms with Gasteiger partial charge < -0.3 is 9.64 Å². The van der Waals surface area contributed by atoms with Crippen LogP contribution in [0.2, 0.25) is 0 Å². The molecule has 1 fully saturated rings. The Kier molecular flexibility index (Phi) is 4.80. The molecule has 0 radical (unpaired) electrons. The van der Waals surface area contributed by atoms with Crippen molar-refractivity contribution in [2.45, 2.75) is 38.8 Å². The van der Waals surface area contributed by atoms with Crippen molar-refractivity contribution in [3.05, 3.63) is 35.9 Å². The van der Waals surface area contributed by atoms with Gasteiger partial charge in [0.1, 0.15) is 5.60 Å². The maximum Gasteiger partial charge on any atom is 0.410 e. The third-order valence-electron chi connectivity index (χ3n) is 3.57. The van der Waals surface area contributed by atoms with Gasteiger partial charge in [-0.3, -0.25) is 4.78 Å². The van der Waals surface area contributed by atoms with Gasteiger partial charge in [0.15, 0.2) is 0 Å². The lowest BCUT2D eigenvalue weighted by molar-refractivity contribution is 0.0173. The van der Waals surface area contributed by atoms with Crippen LogP contribution in [0.4, 0.5) is 4.79 Å². The van der Waals surface area contributed by atoms with E-state index in [0.717, 1.165) is 5.56 Å². The van der Waals surface area contributed by atoms with E-state index in [1.807, 2.05) is 51.1 Å². The minimum atomic E-state index is -2.62. The maximum atomic E-state index is 12.5. The Morgan fingerprint density at radius 1 is 1.27 bits per heavy atom. The highest BCUT2D eigenvalue weighted by atomic mass is 32.2. The van der Waals surface area contributed by atoms with Crippen molar-refractivity contribution in [3.8, 4) is 0 Å². The number of hydrogen-bond donors (Lipinski definition) is 1. The number of carbonyl (C=O) groups excluding carboxylic acids is 1.